The van der Waals surface area contributed by atoms with Crippen molar-refractivity contribution in [3.8, 4) is 0 Å². The molecule has 94 valence electrons. The van der Waals surface area contributed by atoms with Gasteiger partial charge in [-0.25, -0.2) is 5.48 Å². The van der Waals surface area contributed by atoms with Crippen LogP contribution in [0, 0.1) is 20.8 Å². The molecule has 0 aromatic heterocycles. The first-order chi connectivity index (χ1) is 8.04. The van der Waals surface area contributed by atoms with Crippen molar-refractivity contribution in [3.63, 3.8) is 0 Å². The van der Waals surface area contributed by atoms with Gasteiger partial charge < -0.3 is 0 Å². The lowest BCUT2D eigenvalue weighted by molar-refractivity contribution is -0.134. The summed E-state index contributed by atoms with van der Waals surface area (Å²) in [6, 6.07) is 4.25. The van der Waals surface area contributed by atoms with Crippen molar-refractivity contribution >= 4 is 5.91 Å². The van der Waals surface area contributed by atoms with Crippen molar-refractivity contribution in [2.24, 2.45) is 0 Å². The van der Waals surface area contributed by atoms with Gasteiger partial charge in [-0.15, -0.1) is 0 Å². The number of hydrogen-bond donors (Lipinski definition) is 1. The molecule has 0 spiro atoms. The first-order valence-corrected chi connectivity index (χ1v) is 6.02. The smallest absolute Gasteiger partial charge is 0.243 e. The fourth-order valence-electron chi connectivity index (χ4n) is 1.90. The summed E-state index contributed by atoms with van der Waals surface area (Å²) in [5.74, 6) is -0.0603. The second-order valence-corrected chi connectivity index (χ2v) is 4.44. The van der Waals surface area contributed by atoms with E-state index < -0.39 is 0 Å². The molecule has 0 saturated heterocycles. The number of nitrogens with one attached hydrogen (secondary N) is 1. The van der Waals surface area contributed by atoms with Crippen LogP contribution in [0.15, 0.2) is 12.1 Å². The molecule has 3 heteroatoms. The Morgan fingerprint density at radius 1 is 1.24 bits per heavy atom. The number of benzene rings is 1. The van der Waals surface area contributed by atoms with Gasteiger partial charge in [0.05, 0.1) is 0 Å². The molecule has 0 fully saturated rings. The van der Waals surface area contributed by atoms with Gasteiger partial charge in [0.15, 0.2) is 0 Å². The van der Waals surface area contributed by atoms with Crippen molar-refractivity contribution in [1.29, 1.82) is 0 Å². The molecule has 3 nitrogen and oxygen atoms in total. The van der Waals surface area contributed by atoms with Gasteiger partial charge in [0.25, 0.3) is 0 Å². The van der Waals surface area contributed by atoms with Crippen LogP contribution in [0.2, 0.25) is 0 Å². The minimum atomic E-state index is -0.0603. The van der Waals surface area contributed by atoms with Crippen LogP contribution in [0.1, 0.15) is 42.0 Å². The Morgan fingerprint density at radius 3 is 2.35 bits per heavy atom. The van der Waals surface area contributed by atoms with Crippen LogP contribution < -0.4 is 5.48 Å². The number of hydrogen-bond acceptors (Lipinski definition) is 2. The minimum absolute atomic E-state index is 0.0603. The van der Waals surface area contributed by atoms with E-state index in [2.05, 4.69) is 38.4 Å². The molecule has 0 radical (unpaired) electrons. The summed E-state index contributed by atoms with van der Waals surface area (Å²) in [5.41, 5.74) is 7.26. The van der Waals surface area contributed by atoms with Crippen LogP contribution in [-0.2, 0) is 16.2 Å². The van der Waals surface area contributed by atoms with Gasteiger partial charge in [-0.1, -0.05) is 24.6 Å². The normalized spacial score (nSPS) is 10.4. The lowest BCUT2D eigenvalue weighted by atomic mass is 10.0. The highest BCUT2D eigenvalue weighted by molar-refractivity contribution is 5.74. The zero-order chi connectivity index (χ0) is 12.8. The molecule has 1 aromatic rings. The molecule has 1 N–H and O–H groups in total. The minimum Gasteiger partial charge on any atom is -0.273 e. The molecule has 0 heterocycles. The number of amides is 1. The molecule has 0 unspecified atom stereocenters. The molecule has 0 bridgehead atoms. The van der Waals surface area contributed by atoms with Crippen LogP contribution >= 0.6 is 0 Å². The van der Waals surface area contributed by atoms with E-state index in [-0.39, 0.29) is 5.91 Å². The van der Waals surface area contributed by atoms with Gasteiger partial charge in [0.1, 0.15) is 6.61 Å². The lowest BCUT2D eigenvalue weighted by Gasteiger charge is -2.11. The Labute approximate surface area is 103 Å². The third kappa shape index (κ3) is 4.19. The van der Waals surface area contributed by atoms with Crippen molar-refractivity contribution in [2.75, 3.05) is 0 Å². The van der Waals surface area contributed by atoms with Crippen LogP contribution in [0.5, 0.6) is 0 Å². The van der Waals surface area contributed by atoms with Crippen LogP contribution in [0.3, 0.4) is 0 Å². The zero-order valence-electron chi connectivity index (χ0n) is 11.1. The predicted molar refractivity (Wildman–Crippen MR) is 68.5 cm³/mol. The molecule has 0 saturated carbocycles. The Hall–Kier alpha value is -1.35. The average molecular weight is 235 g/mol. The van der Waals surface area contributed by atoms with Crippen molar-refractivity contribution < 1.29 is 9.63 Å². The number of aryl methyl sites for hydroxylation is 3. The van der Waals surface area contributed by atoms with E-state index >= 15 is 0 Å². The van der Waals surface area contributed by atoms with Gasteiger partial charge in [-0.2, -0.15) is 0 Å². The fourth-order valence-corrected chi connectivity index (χ4v) is 1.90. The summed E-state index contributed by atoms with van der Waals surface area (Å²) in [6.07, 6.45) is 1.34. The monoisotopic (exact) mass is 235 g/mol. The van der Waals surface area contributed by atoms with Crippen LogP contribution in [0.25, 0.3) is 0 Å². The topological polar surface area (TPSA) is 38.3 Å². The van der Waals surface area contributed by atoms with E-state index in [9.17, 15) is 4.79 Å². The lowest BCUT2D eigenvalue weighted by Crippen LogP contribution is -2.23. The van der Waals surface area contributed by atoms with E-state index in [1.807, 2.05) is 6.92 Å². The summed E-state index contributed by atoms with van der Waals surface area (Å²) in [5, 5.41) is 0. The summed E-state index contributed by atoms with van der Waals surface area (Å²) >= 11 is 0. The van der Waals surface area contributed by atoms with Crippen molar-refractivity contribution in [2.45, 2.75) is 47.1 Å². The zero-order valence-corrected chi connectivity index (χ0v) is 11.1. The SMILES string of the molecule is CCCC(=O)NOCc1c(C)cc(C)cc1C. The summed E-state index contributed by atoms with van der Waals surface area (Å²) in [4.78, 5) is 16.5. The number of rotatable bonds is 5. The highest BCUT2D eigenvalue weighted by atomic mass is 16.6. The van der Waals surface area contributed by atoms with Gasteiger partial charge in [0.2, 0.25) is 5.91 Å². The van der Waals surface area contributed by atoms with Gasteiger partial charge in [-0.05, 0) is 43.9 Å². The summed E-state index contributed by atoms with van der Waals surface area (Å²) in [7, 11) is 0. The number of hydroxylamine groups is 1. The van der Waals surface area contributed by atoms with Crippen LogP contribution in [-0.4, -0.2) is 5.91 Å². The first kappa shape index (κ1) is 13.7. The Morgan fingerprint density at radius 2 is 1.82 bits per heavy atom. The quantitative estimate of drug-likeness (QED) is 0.797. The predicted octanol–water partition coefficient (Wildman–Crippen LogP) is 2.96. The third-order valence-corrected chi connectivity index (χ3v) is 2.72. The molecule has 0 aliphatic carbocycles. The molecule has 0 aliphatic heterocycles. The maximum Gasteiger partial charge on any atom is 0.243 e. The van der Waals surface area contributed by atoms with E-state index in [0.29, 0.717) is 13.0 Å². The molecule has 0 atom stereocenters. The third-order valence-electron chi connectivity index (χ3n) is 2.72. The molecule has 1 amide bonds. The summed E-state index contributed by atoms with van der Waals surface area (Å²) in [6.45, 7) is 8.59. The first-order valence-electron chi connectivity index (χ1n) is 6.02. The van der Waals surface area contributed by atoms with Gasteiger partial charge >= 0.3 is 0 Å². The molecular formula is C14H21NO2. The van der Waals surface area contributed by atoms with E-state index in [0.717, 1.165) is 12.0 Å². The Balaban J connectivity index is 2.55. The van der Waals surface area contributed by atoms with Crippen LogP contribution in [0.4, 0.5) is 0 Å². The highest BCUT2D eigenvalue weighted by Crippen LogP contribution is 2.16. The molecular weight excluding hydrogens is 214 g/mol. The maximum absolute atomic E-state index is 11.2. The van der Waals surface area contributed by atoms with Gasteiger partial charge in [-0.3, -0.25) is 9.63 Å². The molecule has 1 rings (SSSR count). The Bertz CT molecular complexity index is 376. The largest absolute Gasteiger partial charge is 0.273 e. The average Bonchev–Trinajstić information content (AvgIpc) is 2.22. The van der Waals surface area contributed by atoms with Crippen molar-refractivity contribution in [3.05, 3.63) is 34.4 Å². The molecule has 0 aliphatic rings. The second-order valence-electron chi connectivity index (χ2n) is 4.44. The number of carbonyl (C=O) groups excluding carboxylic acids is 1. The standard InChI is InChI=1S/C14H21NO2/c1-5-6-14(16)15-17-9-13-11(3)7-10(2)8-12(13)4/h7-8H,5-6,9H2,1-4H3,(H,15,16). The fraction of sp³-hybridized carbons (Fsp3) is 0.500. The van der Waals surface area contributed by atoms with E-state index in [1.54, 1.807) is 0 Å². The van der Waals surface area contributed by atoms with E-state index in [1.165, 1.54) is 16.7 Å². The Kier molecular flexibility index (Phi) is 5.16. The molecule has 17 heavy (non-hydrogen) atoms. The maximum atomic E-state index is 11.2. The van der Waals surface area contributed by atoms with Crippen molar-refractivity contribution in [1.82, 2.24) is 5.48 Å². The summed E-state index contributed by atoms with van der Waals surface area (Å²) < 4.78 is 0. The number of carbonyl (C=O) groups is 1. The molecule has 1 aromatic carbocycles. The van der Waals surface area contributed by atoms with Gasteiger partial charge in [0, 0.05) is 6.42 Å². The highest BCUT2D eigenvalue weighted by Gasteiger charge is 2.05. The second kappa shape index (κ2) is 6.40. The van der Waals surface area contributed by atoms with E-state index in [4.69, 9.17) is 4.84 Å².